The van der Waals surface area contributed by atoms with Crippen LogP contribution in [-0.2, 0) is 6.54 Å². The first-order valence-electron chi connectivity index (χ1n) is 6.81. The van der Waals surface area contributed by atoms with Gasteiger partial charge in [0, 0.05) is 12.6 Å². The van der Waals surface area contributed by atoms with Crippen molar-refractivity contribution in [2.45, 2.75) is 19.5 Å². The fraction of sp³-hybridized carbons (Fsp3) is 0.188. The van der Waals surface area contributed by atoms with Crippen LogP contribution in [0.3, 0.4) is 0 Å². The van der Waals surface area contributed by atoms with E-state index in [9.17, 15) is 9.18 Å². The van der Waals surface area contributed by atoms with Crippen LogP contribution in [-0.4, -0.2) is 9.97 Å². The number of hydrogen-bond acceptors (Lipinski definition) is 2. The fourth-order valence-corrected chi connectivity index (χ4v) is 2.36. The standard InChI is InChI=1S/C16H16FN3O/c1-10(18-9-11-3-2-4-13(17)7-11)12-5-6-14-15(8-12)20-16(21)19-14/h2-8,10,18H,9H2,1H3,(H2,19,20,21). The van der Waals surface area contributed by atoms with Crippen LogP contribution in [0.15, 0.2) is 47.3 Å². The number of aromatic amines is 2. The van der Waals surface area contributed by atoms with E-state index in [2.05, 4.69) is 15.3 Å². The third kappa shape index (κ3) is 3.03. The van der Waals surface area contributed by atoms with E-state index in [0.717, 1.165) is 22.2 Å². The number of fused-ring (bicyclic) bond motifs is 1. The quantitative estimate of drug-likeness (QED) is 0.690. The minimum absolute atomic E-state index is 0.0936. The molecule has 0 aliphatic carbocycles. The highest BCUT2D eigenvalue weighted by Gasteiger charge is 2.07. The van der Waals surface area contributed by atoms with Gasteiger partial charge in [-0.2, -0.15) is 0 Å². The van der Waals surface area contributed by atoms with E-state index in [0.29, 0.717) is 6.54 Å². The number of aromatic nitrogens is 2. The minimum atomic E-state index is -0.228. The summed E-state index contributed by atoms with van der Waals surface area (Å²) in [6.45, 7) is 2.62. The molecule has 0 aliphatic rings. The van der Waals surface area contributed by atoms with Gasteiger partial charge >= 0.3 is 5.69 Å². The zero-order chi connectivity index (χ0) is 14.8. The van der Waals surface area contributed by atoms with Gasteiger partial charge in [-0.15, -0.1) is 0 Å². The Morgan fingerprint density at radius 2 is 1.95 bits per heavy atom. The van der Waals surface area contributed by atoms with Gasteiger partial charge in [0.15, 0.2) is 0 Å². The van der Waals surface area contributed by atoms with Gasteiger partial charge in [0.2, 0.25) is 0 Å². The Morgan fingerprint density at radius 1 is 1.14 bits per heavy atom. The molecule has 0 fully saturated rings. The molecule has 21 heavy (non-hydrogen) atoms. The van der Waals surface area contributed by atoms with E-state index in [1.165, 1.54) is 12.1 Å². The molecule has 0 saturated heterocycles. The lowest BCUT2D eigenvalue weighted by Gasteiger charge is -2.14. The van der Waals surface area contributed by atoms with E-state index < -0.39 is 0 Å². The number of nitrogens with one attached hydrogen (secondary N) is 3. The SMILES string of the molecule is CC(NCc1cccc(F)c1)c1ccc2[nH]c(=O)[nH]c2c1. The zero-order valence-electron chi connectivity index (χ0n) is 11.6. The predicted octanol–water partition coefficient (Wildman–Crippen LogP) is 2.85. The van der Waals surface area contributed by atoms with Gasteiger partial charge in [0.05, 0.1) is 11.0 Å². The smallest absolute Gasteiger partial charge is 0.306 e. The first kappa shape index (κ1) is 13.6. The van der Waals surface area contributed by atoms with E-state index in [1.807, 2.05) is 31.2 Å². The number of halogens is 1. The summed E-state index contributed by atoms with van der Waals surface area (Å²) in [7, 11) is 0. The van der Waals surface area contributed by atoms with Crippen LogP contribution in [0, 0.1) is 5.82 Å². The molecule has 0 spiro atoms. The highest BCUT2D eigenvalue weighted by molar-refractivity contribution is 5.75. The first-order chi connectivity index (χ1) is 10.1. The lowest BCUT2D eigenvalue weighted by atomic mass is 10.1. The molecule has 3 rings (SSSR count). The van der Waals surface area contributed by atoms with E-state index in [1.54, 1.807) is 6.07 Å². The summed E-state index contributed by atoms with van der Waals surface area (Å²) in [5.41, 5.74) is 3.34. The molecular weight excluding hydrogens is 269 g/mol. The minimum Gasteiger partial charge on any atom is -0.306 e. The molecule has 5 heteroatoms. The molecule has 1 unspecified atom stereocenters. The van der Waals surface area contributed by atoms with Gasteiger partial charge in [-0.25, -0.2) is 9.18 Å². The Labute approximate surface area is 121 Å². The second-order valence-electron chi connectivity index (χ2n) is 5.12. The molecule has 1 atom stereocenters. The van der Waals surface area contributed by atoms with Crippen molar-refractivity contribution >= 4 is 11.0 Å². The Hall–Kier alpha value is -2.40. The largest absolute Gasteiger partial charge is 0.323 e. The summed E-state index contributed by atoms with van der Waals surface area (Å²) in [4.78, 5) is 16.7. The van der Waals surface area contributed by atoms with Gasteiger partial charge in [0.25, 0.3) is 0 Å². The lowest BCUT2D eigenvalue weighted by molar-refractivity contribution is 0.569. The van der Waals surface area contributed by atoms with Crippen LogP contribution in [0.1, 0.15) is 24.1 Å². The summed E-state index contributed by atoms with van der Waals surface area (Å²) in [5, 5.41) is 3.35. The number of rotatable bonds is 4. The fourth-order valence-electron chi connectivity index (χ4n) is 2.36. The Kier molecular flexibility index (Phi) is 3.58. The topological polar surface area (TPSA) is 60.7 Å². The molecule has 0 radical (unpaired) electrons. The van der Waals surface area contributed by atoms with Crippen LogP contribution in [0.2, 0.25) is 0 Å². The molecule has 1 aromatic heterocycles. The number of imidazole rings is 1. The van der Waals surface area contributed by atoms with Crippen LogP contribution in [0.5, 0.6) is 0 Å². The van der Waals surface area contributed by atoms with Crippen LogP contribution < -0.4 is 11.0 Å². The van der Waals surface area contributed by atoms with Crippen molar-refractivity contribution in [3.05, 3.63) is 69.9 Å². The molecule has 4 nitrogen and oxygen atoms in total. The van der Waals surface area contributed by atoms with Crippen molar-refractivity contribution in [2.75, 3.05) is 0 Å². The van der Waals surface area contributed by atoms with E-state index in [-0.39, 0.29) is 17.5 Å². The lowest BCUT2D eigenvalue weighted by Crippen LogP contribution is -2.18. The van der Waals surface area contributed by atoms with Crippen molar-refractivity contribution in [3.8, 4) is 0 Å². The number of hydrogen-bond donors (Lipinski definition) is 3. The van der Waals surface area contributed by atoms with Gasteiger partial charge in [-0.1, -0.05) is 18.2 Å². The Bertz CT molecular complexity index is 822. The highest BCUT2D eigenvalue weighted by atomic mass is 19.1. The molecule has 0 saturated carbocycles. The molecule has 0 bridgehead atoms. The Morgan fingerprint density at radius 3 is 2.76 bits per heavy atom. The second kappa shape index (κ2) is 5.54. The maximum Gasteiger partial charge on any atom is 0.323 e. The van der Waals surface area contributed by atoms with Gasteiger partial charge in [-0.3, -0.25) is 0 Å². The Balaban J connectivity index is 1.74. The van der Waals surface area contributed by atoms with E-state index in [4.69, 9.17) is 0 Å². The molecule has 3 N–H and O–H groups in total. The van der Waals surface area contributed by atoms with Gasteiger partial charge < -0.3 is 15.3 Å². The highest BCUT2D eigenvalue weighted by Crippen LogP contribution is 2.17. The molecule has 1 heterocycles. The summed E-state index contributed by atoms with van der Waals surface area (Å²) < 4.78 is 13.1. The van der Waals surface area contributed by atoms with Crippen LogP contribution in [0.25, 0.3) is 11.0 Å². The zero-order valence-corrected chi connectivity index (χ0v) is 11.6. The van der Waals surface area contributed by atoms with Crippen LogP contribution >= 0.6 is 0 Å². The van der Waals surface area contributed by atoms with E-state index >= 15 is 0 Å². The average molecular weight is 285 g/mol. The van der Waals surface area contributed by atoms with Crippen molar-refractivity contribution in [1.29, 1.82) is 0 Å². The van der Waals surface area contributed by atoms with Crippen LogP contribution in [0.4, 0.5) is 4.39 Å². The predicted molar refractivity (Wildman–Crippen MR) is 80.6 cm³/mol. The normalized spacial score (nSPS) is 12.7. The molecular formula is C16H16FN3O. The summed E-state index contributed by atoms with van der Waals surface area (Å²) in [6, 6.07) is 12.4. The molecule has 2 aromatic carbocycles. The van der Waals surface area contributed by atoms with Crippen molar-refractivity contribution in [3.63, 3.8) is 0 Å². The molecule has 3 aromatic rings. The molecule has 0 aliphatic heterocycles. The van der Waals surface area contributed by atoms with Crippen molar-refractivity contribution < 1.29 is 4.39 Å². The summed E-state index contributed by atoms with van der Waals surface area (Å²) in [6.07, 6.45) is 0. The number of H-pyrrole nitrogens is 2. The average Bonchev–Trinajstić information content (AvgIpc) is 2.84. The second-order valence-corrected chi connectivity index (χ2v) is 5.12. The number of benzene rings is 2. The summed E-state index contributed by atoms with van der Waals surface area (Å²) >= 11 is 0. The maximum absolute atomic E-state index is 13.1. The third-order valence-corrected chi connectivity index (χ3v) is 3.54. The molecule has 0 amide bonds. The van der Waals surface area contributed by atoms with Gasteiger partial charge in [0.1, 0.15) is 5.82 Å². The monoisotopic (exact) mass is 285 g/mol. The van der Waals surface area contributed by atoms with Crippen molar-refractivity contribution in [1.82, 2.24) is 15.3 Å². The summed E-state index contributed by atoms with van der Waals surface area (Å²) in [5.74, 6) is -0.228. The van der Waals surface area contributed by atoms with Gasteiger partial charge in [-0.05, 0) is 42.3 Å². The third-order valence-electron chi connectivity index (χ3n) is 3.54. The molecule has 108 valence electrons. The first-order valence-corrected chi connectivity index (χ1v) is 6.81. The maximum atomic E-state index is 13.1. The van der Waals surface area contributed by atoms with Crippen molar-refractivity contribution in [2.24, 2.45) is 0 Å².